The molecule has 0 aliphatic carbocycles. The molecule has 1 aromatic carbocycles. The maximum absolute atomic E-state index is 5.83. The van der Waals surface area contributed by atoms with Crippen molar-refractivity contribution in [2.75, 3.05) is 26.3 Å². The molecule has 0 N–H and O–H groups in total. The Morgan fingerprint density at radius 3 is 2.21 bits per heavy atom. The highest BCUT2D eigenvalue weighted by Crippen LogP contribution is 2.31. The lowest BCUT2D eigenvalue weighted by molar-refractivity contribution is -0.172. The van der Waals surface area contributed by atoms with E-state index in [1.165, 1.54) is 5.56 Å². The highest BCUT2D eigenvalue weighted by Gasteiger charge is 2.36. The van der Waals surface area contributed by atoms with Crippen LogP contribution in [0.25, 0.3) is 0 Å². The monoisotopic (exact) mass is 261 g/mol. The molecule has 3 heteroatoms. The van der Waals surface area contributed by atoms with Crippen molar-refractivity contribution in [2.24, 2.45) is 0 Å². The molecule has 2 fully saturated rings. The standard InChI is InChI=1S/C16H23NO2/c1-2-6-15(7-3-1)14-17-10-4-8-16(9-5-11-17)18-12-13-19-16/h1-3,6-7H,4-5,8-14H2. The van der Waals surface area contributed by atoms with E-state index in [4.69, 9.17) is 9.47 Å². The van der Waals surface area contributed by atoms with Gasteiger partial charge >= 0.3 is 0 Å². The first kappa shape index (κ1) is 13.1. The molecule has 1 spiro atoms. The topological polar surface area (TPSA) is 21.7 Å². The summed E-state index contributed by atoms with van der Waals surface area (Å²) in [7, 11) is 0. The summed E-state index contributed by atoms with van der Waals surface area (Å²) in [6.07, 6.45) is 4.40. The Morgan fingerprint density at radius 2 is 1.58 bits per heavy atom. The van der Waals surface area contributed by atoms with Crippen LogP contribution in [0, 0.1) is 0 Å². The molecule has 1 aromatic rings. The highest BCUT2D eigenvalue weighted by atomic mass is 16.7. The molecule has 0 radical (unpaired) electrons. The molecule has 104 valence electrons. The minimum Gasteiger partial charge on any atom is -0.348 e. The summed E-state index contributed by atoms with van der Waals surface area (Å²) in [5.74, 6) is -0.237. The van der Waals surface area contributed by atoms with Crippen molar-refractivity contribution in [2.45, 2.75) is 38.0 Å². The van der Waals surface area contributed by atoms with E-state index in [2.05, 4.69) is 35.2 Å². The molecule has 0 amide bonds. The quantitative estimate of drug-likeness (QED) is 0.817. The van der Waals surface area contributed by atoms with E-state index < -0.39 is 0 Å². The van der Waals surface area contributed by atoms with Crippen LogP contribution in [0.1, 0.15) is 31.2 Å². The minimum atomic E-state index is -0.237. The van der Waals surface area contributed by atoms with Crippen molar-refractivity contribution in [3.63, 3.8) is 0 Å². The van der Waals surface area contributed by atoms with E-state index in [9.17, 15) is 0 Å². The van der Waals surface area contributed by atoms with Gasteiger partial charge in [0.25, 0.3) is 0 Å². The molecule has 2 saturated heterocycles. The Bertz CT molecular complexity index is 375. The molecule has 0 unspecified atom stereocenters. The summed E-state index contributed by atoms with van der Waals surface area (Å²) in [6, 6.07) is 10.7. The van der Waals surface area contributed by atoms with Crippen molar-refractivity contribution in [3.8, 4) is 0 Å². The van der Waals surface area contributed by atoms with Crippen molar-refractivity contribution >= 4 is 0 Å². The van der Waals surface area contributed by atoms with Gasteiger partial charge in [-0.15, -0.1) is 0 Å². The second kappa shape index (κ2) is 6.04. The summed E-state index contributed by atoms with van der Waals surface area (Å²) in [4.78, 5) is 2.55. The normalized spacial score (nSPS) is 24.2. The van der Waals surface area contributed by atoms with E-state index in [0.717, 1.165) is 58.5 Å². The average Bonchev–Trinajstić information content (AvgIpc) is 2.87. The van der Waals surface area contributed by atoms with Crippen molar-refractivity contribution in [1.82, 2.24) is 4.90 Å². The lowest BCUT2D eigenvalue weighted by Gasteiger charge is -2.33. The molecule has 19 heavy (non-hydrogen) atoms. The van der Waals surface area contributed by atoms with Gasteiger partial charge in [0.1, 0.15) is 0 Å². The Balaban J connectivity index is 1.53. The number of rotatable bonds is 2. The maximum Gasteiger partial charge on any atom is 0.168 e. The van der Waals surface area contributed by atoms with Crippen LogP contribution in [0.15, 0.2) is 30.3 Å². The summed E-state index contributed by atoms with van der Waals surface area (Å²) < 4.78 is 11.7. The fraction of sp³-hybridized carbons (Fsp3) is 0.625. The summed E-state index contributed by atoms with van der Waals surface area (Å²) >= 11 is 0. The molecule has 3 nitrogen and oxygen atoms in total. The predicted octanol–water partition coefficient (Wildman–Crippen LogP) is 2.81. The lowest BCUT2D eigenvalue weighted by atomic mass is 10.0. The van der Waals surface area contributed by atoms with Gasteiger partial charge in [-0.3, -0.25) is 4.90 Å². The first-order valence-electron chi connectivity index (χ1n) is 7.41. The number of hydrogen-bond donors (Lipinski definition) is 0. The molecule has 0 saturated carbocycles. The number of ether oxygens (including phenoxy) is 2. The van der Waals surface area contributed by atoms with Gasteiger partial charge in [-0.05, 0) is 31.5 Å². The van der Waals surface area contributed by atoms with Crippen LogP contribution in [-0.4, -0.2) is 37.0 Å². The molecule has 2 heterocycles. The number of likely N-dealkylation sites (tertiary alicyclic amines) is 1. The smallest absolute Gasteiger partial charge is 0.168 e. The molecular formula is C16H23NO2. The van der Waals surface area contributed by atoms with Crippen LogP contribution in [-0.2, 0) is 16.0 Å². The Hall–Kier alpha value is -0.900. The number of nitrogens with zero attached hydrogens (tertiary/aromatic N) is 1. The molecule has 0 bridgehead atoms. The van der Waals surface area contributed by atoms with Crippen molar-refractivity contribution in [3.05, 3.63) is 35.9 Å². The zero-order chi connectivity index (χ0) is 13.0. The van der Waals surface area contributed by atoms with E-state index in [-0.39, 0.29) is 5.79 Å². The van der Waals surface area contributed by atoms with E-state index >= 15 is 0 Å². The third-order valence-corrected chi connectivity index (χ3v) is 4.13. The average molecular weight is 261 g/mol. The third kappa shape index (κ3) is 3.35. The van der Waals surface area contributed by atoms with E-state index in [1.807, 2.05) is 0 Å². The SMILES string of the molecule is c1ccc(CN2CCCC3(CCC2)OCCO3)cc1. The van der Waals surface area contributed by atoms with Crippen LogP contribution in [0.4, 0.5) is 0 Å². The summed E-state index contributed by atoms with van der Waals surface area (Å²) in [5, 5.41) is 0. The fourth-order valence-electron chi connectivity index (χ4n) is 3.17. The van der Waals surface area contributed by atoms with Gasteiger partial charge in [0, 0.05) is 19.4 Å². The first-order chi connectivity index (χ1) is 9.36. The Kier molecular flexibility index (Phi) is 4.16. The van der Waals surface area contributed by atoms with E-state index in [1.54, 1.807) is 0 Å². The largest absolute Gasteiger partial charge is 0.348 e. The van der Waals surface area contributed by atoms with Crippen LogP contribution >= 0.6 is 0 Å². The number of benzene rings is 1. The van der Waals surface area contributed by atoms with Crippen molar-refractivity contribution in [1.29, 1.82) is 0 Å². The molecule has 2 aliphatic heterocycles. The Morgan fingerprint density at radius 1 is 0.947 bits per heavy atom. The van der Waals surface area contributed by atoms with Gasteiger partial charge in [0.05, 0.1) is 13.2 Å². The van der Waals surface area contributed by atoms with Crippen LogP contribution < -0.4 is 0 Å². The van der Waals surface area contributed by atoms with Crippen LogP contribution in [0.5, 0.6) is 0 Å². The molecule has 0 atom stereocenters. The molecule has 0 aromatic heterocycles. The van der Waals surface area contributed by atoms with Gasteiger partial charge in [-0.2, -0.15) is 0 Å². The van der Waals surface area contributed by atoms with Gasteiger partial charge in [-0.1, -0.05) is 30.3 Å². The zero-order valence-corrected chi connectivity index (χ0v) is 11.5. The summed E-state index contributed by atoms with van der Waals surface area (Å²) in [5.41, 5.74) is 1.41. The fourth-order valence-corrected chi connectivity index (χ4v) is 3.17. The van der Waals surface area contributed by atoms with Crippen molar-refractivity contribution < 1.29 is 9.47 Å². The summed E-state index contributed by atoms with van der Waals surface area (Å²) in [6.45, 7) is 4.89. The first-order valence-corrected chi connectivity index (χ1v) is 7.41. The lowest BCUT2D eigenvalue weighted by Crippen LogP contribution is -2.37. The second-order valence-corrected chi connectivity index (χ2v) is 5.58. The van der Waals surface area contributed by atoms with Gasteiger partial charge in [0.15, 0.2) is 5.79 Å². The van der Waals surface area contributed by atoms with Crippen LogP contribution in [0.3, 0.4) is 0 Å². The van der Waals surface area contributed by atoms with Crippen LogP contribution in [0.2, 0.25) is 0 Å². The zero-order valence-electron chi connectivity index (χ0n) is 11.5. The Labute approximate surface area is 115 Å². The minimum absolute atomic E-state index is 0.237. The van der Waals surface area contributed by atoms with E-state index in [0.29, 0.717) is 0 Å². The van der Waals surface area contributed by atoms with Gasteiger partial charge < -0.3 is 9.47 Å². The maximum atomic E-state index is 5.83. The van der Waals surface area contributed by atoms with Gasteiger partial charge in [0.2, 0.25) is 0 Å². The predicted molar refractivity (Wildman–Crippen MR) is 74.8 cm³/mol. The third-order valence-electron chi connectivity index (χ3n) is 4.13. The molecular weight excluding hydrogens is 238 g/mol. The number of hydrogen-bond acceptors (Lipinski definition) is 3. The second-order valence-electron chi connectivity index (χ2n) is 5.58. The van der Waals surface area contributed by atoms with Gasteiger partial charge in [-0.25, -0.2) is 0 Å². The molecule has 2 aliphatic rings. The highest BCUT2D eigenvalue weighted by molar-refractivity contribution is 5.14. The molecule has 3 rings (SSSR count).